The maximum atomic E-state index is 12.6. The molecule has 1 fully saturated rings. The lowest BCUT2D eigenvalue weighted by Crippen LogP contribution is -2.31. The largest absolute Gasteiger partial charge is 0.342 e. The Kier molecular flexibility index (Phi) is 4.56. The van der Waals surface area contributed by atoms with Crippen LogP contribution in [-0.4, -0.2) is 31.9 Å². The van der Waals surface area contributed by atoms with Crippen molar-refractivity contribution in [1.82, 2.24) is 25.3 Å². The molecule has 4 rings (SSSR count). The van der Waals surface area contributed by atoms with E-state index in [4.69, 9.17) is 5.73 Å². The van der Waals surface area contributed by atoms with Crippen molar-refractivity contribution < 1.29 is 4.79 Å². The summed E-state index contributed by atoms with van der Waals surface area (Å²) in [6.45, 7) is 2.02. The summed E-state index contributed by atoms with van der Waals surface area (Å²) >= 11 is 1.74. The Balaban J connectivity index is 1.44. The first-order valence-electron chi connectivity index (χ1n) is 9.04. The van der Waals surface area contributed by atoms with Gasteiger partial charge in [-0.05, 0) is 51.9 Å². The highest BCUT2D eigenvalue weighted by Crippen LogP contribution is 2.33. The lowest BCUT2D eigenvalue weighted by Gasteiger charge is -2.25. The molecule has 0 aromatic carbocycles. The molecule has 3 N–H and O–H groups in total. The molecule has 25 heavy (non-hydrogen) atoms. The zero-order valence-corrected chi connectivity index (χ0v) is 15.3. The summed E-state index contributed by atoms with van der Waals surface area (Å²) in [5.74, 6) is -0.165. The van der Waals surface area contributed by atoms with E-state index in [0.717, 1.165) is 55.6 Å². The molecule has 0 aliphatic heterocycles. The number of hydrogen-bond donors (Lipinski definition) is 2. The third kappa shape index (κ3) is 3.46. The zero-order chi connectivity index (χ0) is 17.4. The minimum absolute atomic E-state index is 0.0148. The van der Waals surface area contributed by atoms with Crippen LogP contribution in [0, 0.1) is 6.92 Å². The fraction of sp³-hybridized carbons (Fsp3) is 0.647. The molecule has 8 heteroatoms. The van der Waals surface area contributed by atoms with Gasteiger partial charge in [-0.2, -0.15) is 0 Å². The summed E-state index contributed by atoms with van der Waals surface area (Å²) in [7, 11) is 0. The Morgan fingerprint density at radius 1 is 1.32 bits per heavy atom. The fourth-order valence-corrected chi connectivity index (χ4v) is 4.88. The van der Waals surface area contributed by atoms with Crippen LogP contribution in [0.4, 0.5) is 0 Å². The Bertz CT molecular complexity index is 761. The van der Waals surface area contributed by atoms with Crippen molar-refractivity contribution in [3.63, 3.8) is 0 Å². The van der Waals surface area contributed by atoms with E-state index in [1.807, 2.05) is 11.6 Å². The van der Waals surface area contributed by atoms with Crippen LogP contribution in [0.1, 0.15) is 76.7 Å². The third-order valence-electron chi connectivity index (χ3n) is 5.22. The Labute approximate surface area is 151 Å². The van der Waals surface area contributed by atoms with Crippen LogP contribution in [0.2, 0.25) is 0 Å². The van der Waals surface area contributed by atoms with Crippen molar-refractivity contribution in [1.29, 1.82) is 0 Å². The van der Waals surface area contributed by atoms with E-state index in [0.29, 0.717) is 17.8 Å². The molecule has 1 atom stereocenters. The van der Waals surface area contributed by atoms with Crippen LogP contribution in [0.5, 0.6) is 0 Å². The van der Waals surface area contributed by atoms with E-state index in [1.165, 1.54) is 4.88 Å². The van der Waals surface area contributed by atoms with Crippen LogP contribution >= 0.6 is 11.3 Å². The van der Waals surface area contributed by atoms with Gasteiger partial charge in [-0.15, -0.1) is 16.4 Å². The number of fused-ring (bicyclic) bond motifs is 1. The van der Waals surface area contributed by atoms with Crippen LogP contribution in [0.15, 0.2) is 6.20 Å². The molecule has 134 valence electrons. The number of carbonyl (C=O) groups is 1. The minimum atomic E-state index is -0.165. The number of aryl methyl sites for hydroxylation is 2. The average molecular weight is 360 g/mol. The van der Waals surface area contributed by atoms with E-state index in [-0.39, 0.29) is 11.9 Å². The van der Waals surface area contributed by atoms with Gasteiger partial charge in [0.15, 0.2) is 5.69 Å². The van der Waals surface area contributed by atoms with E-state index >= 15 is 0 Å². The summed E-state index contributed by atoms with van der Waals surface area (Å²) in [6.07, 6.45) is 8.83. The van der Waals surface area contributed by atoms with Gasteiger partial charge in [0.2, 0.25) is 0 Å². The Morgan fingerprint density at radius 2 is 2.12 bits per heavy atom. The Hall–Kier alpha value is -1.80. The molecule has 2 aromatic rings. The van der Waals surface area contributed by atoms with Gasteiger partial charge < -0.3 is 11.1 Å². The molecule has 1 saturated carbocycles. The summed E-state index contributed by atoms with van der Waals surface area (Å²) < 4.78 is 1.83. The molecule has 0 bridgehead atoms. The van der Waals surface area contributed by atoms with E-state index in [9.17, 15) is 4.79 Å². The van der Waals surface area contributed by atoms with Crippen molar-refractivity contribution in [2.45, 2.75) is 70.0 Å². The number of carbonyl (C=O) groups excluding carboxylic acids is 1. The van der Waals surface area contributed by atoms with Gasteiger partial charge in [0.05, 0.1) is 29.0 Å². The minimum Gasteiger partial charge on any atom is -0.342 e. The Morgan fingerprint density at radius 3 is 2.92 bits per heavy atom. The average Bonchev–Trinajstić information content (AvgIpc) is 3.22. The first-order valence-corrected chi connectivity index (χ1v) is 9.86. The molecule has 2 aromatic heterocycles. The SMILES string of the molecule is Cc1nc2c(s1)CCCC2NC(=O)c1cn(C2CCC(N)CC2)nn1. The number of hydrogen-bond acceptors (Lipinski definition) is 6. The van der Waals surface area contributed by atoms with Crippen molar-refractivity contribution >= 4 is 17.2 Å². The van der Waals surface area contributed by atoms with Crippen molar-refractivity contribution in [3.05, 3.63) is 27.5 Å². The molecule has 2 aliphatic rings. The summed E-state index contributed by atoms with van der Waals surface area (Å²) in [5.41, 5.74) is 7.38. The second kappa shape index (κ2) is 6.84. The molecule has 0 spiro atoms. The van der Waals surface area contributed by atoms with Gasteiger partial charge in [-0.3, -0.25) is 4.79 Å². The number of nitrogens with one attached hydrogen (secondary N) is 1. The highest BCUT2D eigenvalue weighted by molar-refractivity contribution is 7.11. The van der Waals surface area contributed by atoms with Crippen LogP contribution in [0.3, 0.4) is 0 Å². The van der Waals surface area contributed by atoms with Gasteiger partial charge in [0.25, 0.3) is 5.91 Å². The topological polar surface area (TPSA) is 98.7 Å². The number of rotatable bonds is 3. The summed E-state index contributed by atoms with van der Waals surface area (Å²) in [5, 5.41) is 12.4. The third-order valence-corrected chi connectivity index (χ3v) is 6.27. The standard InChI is InChI=1S/C17H24N6OS/c1-10-19-16-13(3-2-4-15(16)25-10)20-17(24)14-9-23(22-21-14)12-7-5-11(18)6-8-12/h9,11-13H,2-8,18H2,1H3,(H,20,24). The zero-order valence-electron chi connectivity index (χ0n) is 14.4. The summed E-state index contributed by atoms with van der Waals surface area (Å²) in [4.78, 5) is 18.5. The fourth-order valence-electron chi connectivity index (χ4n) is 3.84. The summed E-state index contributed by atoms with van der Waals surface area (Å²) in [6, 6.07) is 0.583. The highest BCUT2D eigenvalue weighted by atomic mass is 32.1. The van der Waals surface area contributed by atoms with Gasteiger partial charge in [-0.1, -0.05) is 5.21 Å². The maximum Gasteiger partial charge on any atom is 0.273 e. The normalized spacial score (nSPS) is 26.2. The van der Waals surface area contributed by atoms with Crippen LogP contribution in [0.25, 0.3) is 0 Å². The number of nitrogens with two attached hydrogens (primary N) is 1. The first-order chi connectivity index (χ1) is 12.1. The van der Waals surface area contributed by atoms with Crippen LogP contribution < -0.4 is 11.1 Å². The monoisotopic (exact) mass is 360 g/mol. The maximum absolute atomic E-state index is 12.6. The molecule has 1 unspecified atom stereocenters. The molecular weight excluding hydrogens is 336 g/mol. The van der Waals surface area contributed by atoms with E-state index in [2.05, 4.69) is 20.6 Å². The van der Waals surface area contributed by atoms with E-state index < -0.39 is 0 Å². The van der Waals surface area contributed by atoms with Gasteiger partial charge >= 0.3 is 0 Å². The van der Waals surface area contributed by atoms with E-state index in [1.54, 1.807) is 17.5 Å². The number of amides is 1. The van der Waals surface area contributed by atoms with Crippen molar-refractivity contribution in [2.75, 3.05) is 0 Å². The van der Waals surface area contributed by atoms with Gasteiger partial charge in [0.1, 0.15) is 0 Å². The number of nitrogens with zero attached hydrogens (tertiary/aromatic N) is 4. The van der Waals surface area contributed by atoms with Crippen molar-refractivity contribution in [2.24, 2.45) is 5.73 Å². The molecule has 0 saturated heterocycles. The quantitative estimate of drug-likeness (QED) is 0.875. The number of thiazole rings is 1. The second-order valence-electron chi connectivity index (χ2n) is 7.11. The lowest BCUT2D eigenvalue weighted by molar-refractivity contribution is 0.0926. The second-order valence-corrected chi connectivity index (χ2v) is 8.40. The molecule has 2 aliphatic carbocycles. The molecule has 7 nitrogen and oxygen atoms in total. The van der Waals surface area contributed by atoms with Gasteiger partial charge in [-0.25, -0.2) is 9.67 Å². The highest BCUT2D eigenvalue weighted by Gasteiger charge is 2.27. The first kappa shape index (κ1) is 16.7. The molecule has 0 radical (unpaired) electrons. The lowest BCUT2D eigenvalue weighted by atomic mass is 9.92. The van der Waals surface area contributed by atoms with Crippen molar-refractivity contribution in [3.8, 4) is 0 Å². The smallest absolute Gasteiger partial charge is 0.273 e. The predicted molar refractivity (Wildman–Crippen MR) is 95.5 cm³/mol. The van der Waals surface area contributed by atoms with Crippen LogP contribution in [-0.2, 0) is 6.42 Å². The number of aromatic nitrogens is 4. The molecule has 1 amide bonds. The van der Waals surface area contributed by atoms with Gasteiger partial charge in [0, 0.05) is 10.9 Å². The molecular formula is C17H24N6OS. The predicted octanol–water partition coefficient (Wildman–Crippen LogP) is 2.29. The molecule has 2 heterocycles.